The van der Waals surface area contributed by atoms with Gasteiger partial charge in [-0.05, 0) is 88.2 Å². The van der Waals surface area contributed by atoms with Crippen molar-refractivity contribution in [2.75, 3.05) is 13.2 Å². The van der Waals surface area contributed by atoms with Crippen LogP contribution in [-0.2, 0) is 11.3 Å². The lowest BCUT2D eigenvalue weighted by molar-refractivity contribution is 0.103. The number of halogens is 4. The Bertz CT molecular complexity index is 378. The summed E-state index contributed by atoms with van der Waals surface area (Å²) in [7, 11) is 0. The number of benzene rings is 1. The molecule has 0 bridgehead atoms. The maximum absolute atomic E-state index is 8.69. The van der Waals surface area contributed by atoms with Gasteiger partial charge in [-0.25, -0.2) is 0 Å². The molecule has 0 fully saturated rings. The number of hydrogen-bond acceptors (Lipinski definition) is 2. The van der Waals surface area contributed by atoms with Crippen LogP contribution in [0.25, 0.3) is 0 Å². The first kappa shape index (κ1) is 16.1. The van der Waals surface area contributed by atoms with Gasteiger partial charge in [0.1, 0.15) is 0 Å². The summed E-state index contributed by atoms with van der Waals surface area (Å²) in [5, 5.41) is 8.69. The smallest absolute Gasteiger partial charge is 0.0731 e. The van der Waals surface area contributed by atoms with E-state index in [4.69, 9.17) is 9.84 Å². The van der Waals surface area contributed by atoms with E-state index in [0.29, 0.717) is 19.6 Å². The zero-order chi connectivity index (χ0) is 13.0. The molecular formula is C11H12Br4O2. The predicted octanol–water partition coefficient (Wildman–Crippen LogP) is 4.94. The van der Waals surface area contributed by atoms with Crippen molar-refractivity contribution in [3.05, 3.63) is 29.0 Å². The van der Waals surface area contributed by atoms with Crippen molar-refractivity contribution in [3.63, 3.8) is 0 Å². The van der Waals surface area contributed by atoms with E-state index in [1.54, 1.807) is 0 Å². The van der Waals surface area contributed by atoms with Crippen LogP contribution >= 0.6 is 63.7 Å². The molecule has 6 heteroatoms. The first-order valence-corrected chi connectivity index (χ1v) is 8.18. The standard InChI is InChI=1S/C11H12Br4O2/c1-6-7(5-17-4-2-3-16)9(13)11(15)10(14)8(6)12/h16H,2-5H2,1H3. The maximum Gasteiger partial charge on any atom is 0.0731 e. The van der Waals surface area contributed by atoms with Crippen molar-refractivity contribution < 1.29 is 9.84 Å². The fraction of sp³-hybridized carbons (Fsp3) is 0.455. The van der Waals surface area contributed by atoms with Gasteiger partial charge in [0.05, 0.1) is 6.61 Å². The highest BCUT2D eigenvalue weighted by atomic mass is 79.9. The van der Waals surface area contributed by atoms with Crippen molar-refractivity contribution in [1.82, 2.24) is 0 Å². The summed E-state index contributed by atoms with van der Waals surface area (Å²) in [6.45, 7) is 3.29. The Kier molecular flexibility index (Phi) is 7.21. The van der Waals surface area contributed by atoms with Crippen molar-refractivity contribution in [2.24, 2.45) is 0 Å². The molecule has 1 aromatic rings. The van der Waals surface area contributed by atoms with Crippen molar-refractivity contribution in [3.8, 4) is 0 Å². The number of ether oxygens (including phenoxy) is 1. The third-order valence-corrected chi connectivity index (χ3v) is 7.37. The minimum Gasteiger partial charge on any atom is -0.396 e. The normalized spacial score (nSPS) is 10.9. The summed E-state index contributed by atoms with van der Waals surface area (Å²) < 4.78 is 9.50. The monoisotopic (exact) mass is 492 g/mol. The Morgan fingerprint density at radius 3 is 2.18 bits per heavy atom. The van der Waals surface area contributed by atoms with E-state index in [2.05, 4.69) is 63.7 Å². The lowest BCUT2D eigenvalue weighted by atomic mass is 10.1. The van der Waals surface area contributed by atoms with Crippen LogP contribution in [0.3, 0.4) is 0 Å². The Hall–Kier alpha value is 1.06. The minimum atomic E-state index is 0.161. The molecule has 0 saturated heterocycles. The zero-order valence-electron chi connectivity index (χ0n) is 9.20. The van der Waals surface area contributed by atoms with Crippen LogP contribution < -0.4 is 0 Å². The van der Waals surface area contributed by atoms with Gasteiger partial charge in [0.15, 0.2) is 0 Å². The lowest BCUT2D eigenvalue weighted by Gasteiger charge is -2.14. The summed E-state index contributed by atoms with van der Waals surface area (Å²) in [5.74, 6) is 0. The molecule has 2 nitrogen and oxygen atoms in total. The molecule has 0 radical (unpaired) electrons. The van der Waals surface area contributed by atoms with Gasteiger partial charge in [0.25, 0.3) is 0 Å². The number of hydrogen-bond donors (Lipinski definition) is 1. The molecular weight excluding hydrogens is 484 g/mol. The highest BCUT2D eigenvalue weighted by molar-refractivity contribution is 9.15. The molecule has 0 spiro atoms. The second kappa shape index (κ2) is 7.60. The molecule has 0 heterocycles. The summed E-state index contributed by atoms with van der Waals surface area (Å²) >= 11 is 14.1. The number of rotatable bonds is 5. The third-order valence-electron chi connectivity index (χ3n) is 2.32. The van der Waals surface area contributed by atoms with Gasteiger partial charge in [-0.2, -0.15) is 0 Å². The molecule has 1 N–H and O–H groups in total. The Balaban J connectivity index is 2.92. The van der Waals surface area contributed by atoms with E-state index in [1.165, 1.54) is 0 Å². The molecule has 0 aliphatic carbocycles. The van der Waals surface area contributed by atoms with E-state index < -0.39 is 0 Å². The van der Waals surface area contributed by atoms with Crippen LogP contribution in [0.5, 0.6) is 0 Å². The first-order valence-electron chi connectivity index (χ1n) is 5.00. The van der Waals surface area contributed by atoms with Crippen molar-refractivity contribution >= 4 is 63.7 Å². The molecule has 1 aromatic carbocycles. The van der Waals surface area contributed by atoms with Crippen LogP contribution in [-0.4, -0.2) is 18.3 Å². The summed E-state index contributed by atoms with van der Waals surface area (Å²) in [5.41, 5.74) is 2.24. The van der Waals surface area contributed by atoms with E-state index >= 15 is 0 Å². The molecule has 0 aliphatic rings. The predicted molar refractivity (Wildman–Crippen MR) is 83.3 cm³/mol. The number of aliphatic hydroxyl groups is 1. The van der Waals surface area contributed by atoms with Gasteiger partial charge in [-0.15, -0.1) is 0 Å². The topological polar surface area (TPSA) is 29.5 Å². The molecule has 0 saturated carbocycles. The van der Waals surface area contributed by atoms with Gasteiger partial charge >= 0.3 is 0 Å². The van der Waals surface area contributed by atoms with E-state index in [-0.39, 0.29) is 6.61 Å². The van der Waals surface area contributed by atoms with Crippen LogP contribution in [0.2, 0.25) is 0 Å². The number of aliphatic hydroxyl groups excluding tert-OH is 1. The highest BCUT2D eigenvalue weighted by Gasteiger charge is 2.16. The average Bonchev–Trinajstić information content (AvgIpc) is 2.33. The Labute approximate surface area is 135 Å². The van der Waals surface area contributed by atoms with Gasteiger partial charge in [0, 0.05) is 31.1 Å². The largest absolute Gasteiger partial charge is 0.396 e. The molecule has 96 valence electrons. The maximum atomic E-state index is 8.69. The van der Waals surface area contributed by atoms with Gasteiger partial charge in [-0.3, -0.25) is 0 Å². The van der Waals surface area contributed by atoms with Crippen LogP contribution in [0.4, 0.5) is 0 Å². The van der Waals surface area contributed by atoms with Crippen LogP contribution in [0, 0.1) is 6.92 Å². The highest BCUT2D eigenvalue weighted by Crippen LogP contribution is 2.41. The Morgan fingerprint density at radius 1 is 1.00 bits per heavy atom. The van der Waals surface area contributed by atoms with E-state index in [1.807, 2.05) is 6.92 Å². The molecule has 0 aliphatic heterocycles. The summed E-state index contributed by atoms with van der Waals surface area (Å²) in [6.07, 6.45) is 0.662. The molecule has 0 aromatic heterocycles. The quantitative estimate of drug-likeness (QED) is 0.356. The Morgan fingerprint density at radius 2 is 1.59 bits per heavy atom. The first-order chi connectivity index (χ1) is 8.00. The summed E-state index contributed by atoms with van der Waals surface area (Å²) in [6, 6.07) is 0. The van der Waals surface area contributed by atoms with Gasteiger partial charge in [-0.1, -0.05) is 0 Å². The third kappa shape index (κ3) is 4.01. The molecule has 0 atom stereocenters. The van der Waals surface area contributed by atoms with Crippen molar-refractivity contribution in [2.45, 2.75) is 20.0 Å². The minimum absolute atomic E-state index is 0.161. The van der Waals surface area contributed by atoms with Crippen LogP contribution in [0.1, 0.15) is 17.5 Å². The average molecular weight is 496 g/mol. The molecule has 0 amide bonds. The fourth-order valence-electron chi connectivity index (χ4n) is 1.30. The fourth-order valence-corrected chi connectivity index (χ4v) is 3.81. The van der Waals surface area contributed by atoms with Gasteiger partial charge in [0.2, 0.25) is 0 Å². The molecule has 0 unspecified atom stereocenters. The second-order valence-electron chi connectivity index (χ2n) is 3.49. The van der Waals surface area contributed by atoms with Crippen LogP contribution in [0.15, 0.2) is 17.9 Å². The second-order valence-corrected chi connectivity index (χ2v) is 6.66. The van der Waals surface area contributed by atoms with Gasteiger partial charge < -0.3 is 9.84 Å². The molecule has 1 rings (SSSR count). The van der Waals surface area contributed by atoms with E-state index in [0.717, 1.165) is 29.0 Å². The lowest BCUT2D eigenvalue weighted by Crippen LogP contribution is -2.01. The van der Waals surface area contributed by atoms with Crippen molar-refractivity contribution in [1.29, 1.82) is 0 Å². The summed E-state index contributed by atoms with van der Waals surface area (Å²) in [4.78, 5) is 0. The van der Waals surface area contributed by atoms with E-state index in [9.17, 15) is 0 Å². The zero-order valence-corrected chi connectivity index (χ0v) is 15.5. The SMILES string of the molecule is Cc1c(Br)c(Br)c(Br)c(Br)c1COCCCO. The molecule has 17 heavy (non-hydrogen) atoms.